The van der Waals surface area contributed by atoms with Gasteiger partial charge in [-0.05, 0) is 57.0 Å². The van der Waals surface area contributed by atoms with Crippen LogP contribution in [-0.4, -0.2) is 29.0 Å². The lowest BCUT2D eigenvalue weighted by Gasteiger charge is -2.35. The topological polar surface area (TPSA) is 55.1 Å². The number of carbonyl (C=O) groups is 1. The first-order valence-corrected chi connectivity index (χ1v) is 8.33. The van der Waals surface area contributed by atoms with E-state index in [1.807, 2.05) is 11.8 Å². The van der Waals surface area contributed by atoms with Gasteiger partial charge in [0.25, 0.3) is 0 Å². The van der Waals surface area contributed by atoms with Crippen LogP contribution in [0.3, 0.4) is 0 Å². The number of rotatable bonds is 8. The first-order chi connectivity index (χ1) is 8.53. The largest absolute Gasteiger partial charge is 0.368 e. The normalized spacial score (nSPS) is 27.9. The summed E-state index contributed by atoms with van der Waals surface area (Å²) in [4.78, 5) is 11.9. The summed E-state index contributed by atoms with van der Waals surface area (Å²) in [5.41, 5.74) is 5.25. The molecule has 1 aliphatic carbocycles. The Morgan fingerprint density at radius 3 is 2.78 bits per heavy atom. The zero-order chi connectivity index (χ0) is 13.6. The van der Waals surface area contributed by atoms with E-state index in [-0.39, 0.29) is 5.91 Å². The molecule has 1 amide bonds. The standard InChI is InChI=1S/C14H28N2OS/c1-4-9-18-10-7-12-6-5-8-14(12,13(15)17)16-11(2)3/h11-12,16H,4-10H2,1-3H3,(H2,15,17). The van der Waals surface area contributed by atoms with E-state index in [2.05, 4.69) is 26.1 Å². The van der Waals surface area contributed by atoms with Gasteiger partial charge in [-0.3, -0.25) is 4.79 Å². The molecular formula is C14H28N2OS. The molecule has 2 unspecified atom stereocenters. The molecule has 3 N–H and O–H groups in total. The van der Waals surface area contributed by atoms with E-state index in [4.69, 9.17) is 5.73 Å². The van der Waals surface area contributed by atoms with Gasteiger partial charge in [0, 0.05) is 6.04 Å². The summed E-state index contributed by atoms with van der Waals surface area (Å²) in [6.45, 7) is 6.38. The van der Waals surface area contributed by atoms with E-state index in [1.165, 1.54) is 12.2 Å². The van der Waals surface area contributed by atoms with Crippen LogP contribution < -0.4 is 11.1 Å². The minimum Gasteiger partial charge on any atom is -0.368 e. The van der Waals surface area contributed by atoms with Crippen LogP contribution in [0.4, 0.5) is 0 Å². The molecule has 2 atom stereocenters. The number of hydrogen-bond acceptors (Lipinski definition) is 3. The zero-order valence-electron chi connectivity index (χ0n) is 12.0. The molecule has 18 heavy (non-hydrogen) atoms. The van der Waals surface area contributed by atoms with Gasteiger partial charge < -0.3 is 11.1 Å². The monoisotopic (exact) mass is 272 g/mol. The van der Waals surface area contributed by atoms with Crippen molar-refractivity contribution in [3.05, 3.63) is 0 Å². The van der Waals surface area contributed by atoms with Crippen LogP contribution in [0, 0.1) is 5.92 Å². The highest BCUT2D eigenvalue weighted by Crippen LogP contribution is 2.38. The molecule has 1 rings (SSSR count). The van der Waals surface area contributed by atoms with Crippen molar-refractivity contribution in [2.45, 2.75) is 64.5 Å². The lowest BCUT2D eigenvalue weighted by atomic mass is 9.83. The van der Waals surface area contributed by atoms with Crippen LogP contribution in [0.25, 0.3) is 0 Å². The van der Waals surface area contributed by atoms with Crippen molar-refractivity contribution in [3.8, 4) is 0 Å². The molecule has 0 saturated heterocycles. The molecule has 1 aliphatic rings. The van der Waals surface area contributed by atoms with Gasteiger partial charge in [-0.2, -0.15) is 11.8 Å². The number of nitrogens with two attached hydrogens (primary N) is 1. The van der Waals surface area contributed by atoms with E-state index < -0.39 is 5.54 Å². The summed E-state index contributed by atoms with van der Waals surface area (Å²) >= 11 is 1.99. The first kappa shape index (κ1) is 15.8. The Labute approximate surface area is 116 Å². The second-order valence-electron chi connectivity index (χ2n) is 5.62. The number of thioether (sulfide) groups is 1. The number of primary amides is 1. The minimum atomic E-state index is -0.444. The SMILES string of the molecule is CCCSCCC1CCCC1(NC(C)C)C(N)=O. The first-order valence-electron chi connectivity index (χ1n) is 7.18. The molecule has 3 nitrogen and oxygen atoms in total. The van der Waals surface area contributed by atoms with Gasteiger partial charge in [0.1, 0.15) is 5.54 Å². The van der Waals surface area contributed by atoms with Gasteiger partial charge in [0.2, 0.25) is 5.91 Å². The Kier molecular flexibility index (Phi) is 6.50. The Hall–Kier alpha value is -0.220. The fourth-order valence-electron chi connectivity index (χ4n) is 3.04. The average Bonchev–Trinajstić information content (AvgIpc) is 2.68. The van der Waals surface area contributed by atoms with Crippen LogP contribution in [0.1, 0.15) is 52.9 Å². The molecule has 0 spiro atoms. The lowest BCUT2D eigenvalue weighted by Crippen LogP contribution is -2.60. The van der Waals surface area contributed by atoms with Crippen LogP contribution >= 0.6 is 11.8 Å². The molecule has 0 bridgehead atoms. The maximum atomic E-state index is 11.9. The molecule has 106 valence electrons. The summed E-state index contributed by atoms with van der Waals surface area (Å²) in [6.07, 6.45) is 5.48. The van der Waals surface area contributed by atoms with Crippen LogP contribution in [0.2, 0.25) is 0 Å². The van der Waals surface area contributed by atoms with Crippen molar-refractivity contribution in [1.29, 1.82) is 0 Å². The number of nitrogens with one attached hydrogen (secondary N) is 1. The Morgan fingerprint density at radius 2 is 2.22 bits per heavy atom. The summed E-state index contributed by atoms with van der Waals surface area (Å²) in [7, 11) is 0. The molecule has 0 heterocycles. The third kappa shape index (κ3) is 3.89. The van der Waals surface area contributed by atoms with Crippen molar-refractivity contribution >= 4 is 17.7 Å². The highest BCUT2D eigenvalue weighted by Gasteiger charge is 2.47. The van der Waals surface area contributed by atoms with Crippen molar-refractivity contribution in [2.24, 2.45) is 11.7 Å². The highest BCUT2D eigenvalue weighted by molar-refractivity contribution is 7.99. The van der Waals surface area contributed by atoms with E-state index in [9.17, 15) is 4.79 Å². The third-order valence-electron chi connectivity index (χ3n) is 3.77. The fourth-order valence-corrected chi connectivity index (χ4v) is 3.99. The Morgan fingerprint density at radius 1 is 1.50 bits per heavy atom. The van der Waals surface area contributed by atoms with Crippen LogP contribution in [0.5, 0.6) is 0 Å². The van der Waals surface area contributed by atoms with Gasteiger partial charge in [-0.15, -0.1) is 0 Å². The van der Waals surface area contributed by atoms with Gasteiger partial charge in [0.15, 0.2) is 0 Å². The maximum Gasteiger partial charge on any atom is 0.238 e. The highest BCUT2D eigenvalue weighted by atomic mass is 32.2. The quantitative estimate of drug-likeness (QED) is 0.668. The molecule has 0 aromatic heterocycles. The van der Waals surface area contributed by atoms with Gasteiger partial charge in [0.05, 0.1) is 0 Å². The minimum absolute atomic E-state index is 0.154. The summed E-state index contributed by atoms with van der Waals surface area (Å²) < 4.78 is 0. The van der Waals surface area contributed by atoms with Gasteiger partial charge >= 0.3 is 0 Å². The fraction of sp³-hybridized carbons (Fsp3) is 0.929. The molecule has 0 radical (unpaired) electrons. The van der Waals surface area contributed by atoms with Crippen LogP contribution in [-0.2, 0) is 4.79 Å². The summed E-state index contributed by atoms with van der Waals surface area (Å²) in [5.74, 6) is 2.63. The van der Waals surface area contributed by atoms with Gasteiger partial charge in [-0.1, -0.05) is 13.3 Å². The van der Waals surface area contributed by atoms with E-state index in [0.29, 0.717) is 12.0 Å². The number of carbonyl (C=O) groups excluding carboxylic acids is 1. The lowest BCUT2D eigenvalue weighted by molar-refractivity contribution is -0.126. The van der Waals surface area contributed by atoms with E-state index >= 15 is 0 Å². The third-order valence-corrected chi connectivity index (χ3v) is 4.99. The zero-order valence-corrected chi connectivity index (χ0v) is 12.8. The number of hydrogen-bond donors (Lipinski definition) is 2. The second-order valence-corrected chi connectivity index (χ2v) is 6.85. The van der Waals surface area contributed by atoms with Crippen LogP contribution in [0.15, 0.2) is 0 Å². The summed E-state index contributed by atoms with van der Waals surface area (Å²) in [6, 6.07) is 0.307. The van der Waals surface area contributed by atoms with Crippen molar-refractivity contribution in [3.63, 3.8) is 0 Å². The molecule has 4 heteroatoms. The molecule has 0 aliphatic heterocycles. The predicted octanol–water partition coefficient (Wildman–Crippen LogP) is 2.54. The van der Waals surface area contributed by atoms with E-state index in [1.54, 1.807) is 0 Å². The van der Waals surface area contributed by atoms with Gasteiger partial charge in [-0.25, -0.2) is 0 Å². The molecular weight excluding hydrogens is 244 g/mol. The molecule has 1 fully saturated rings. The molecule has 0 aromatic rings. The Bertz CT molecular complexity index is 271. The summed E-state index contributed by atoms with van der Waals surface area (Å²) in [5, 5.41) is 3.46. The average molecular weight is 272 g/mol. The van der Waals surface area contributed by atoms with Crippen molar-refractivity contribution < 1.29 is 4.79 Å². The molecule has 0 aromatic carbocycles. The number of amides is 1. The smallest absolute Gasteiger partial charge is 0.238 e. The molecule has 1 saturated carbocycles. The Balaban J connectivity index is 2.60. The maximum absolute atomic E-state index is 11.9. The predicted molar refractivity (Wildman–Crippen MR) is 79.8 cm³/mol. The van der Waals surface area contributed by atoms with E-state index in [0.717, 1.165) is 31.4 Å². The van der Waals surface area contributed by atoms with Crippen molar-refractivity contribution in [2.75, 3.05) is 11.5 Å². The van der Waals surface area contributed by atoms with Crippen molar-refractivity contribution in [1.82, 2.24) is 5.32 Å². The second kappa shape index (κ2) is 7.39.